The van der Waals surface area contributed by atoms with Crippen LogP contribution in [0.5, 0.6) is 0 Å². The van der Waals surface area contributed by atoms with Crippen molar-refractivity contribution in [3.05, 3.63) is 0 Å². The lowest BCUT2D eigenvalue weighted by Gasteiger charge is -2.28. The summed E-state index contributed by atoms with van der Waals surface area (Å²) in [5, 5.41) is 6.51. The Morgan fingerprint density at radius 1 is 1.29 bits per heavy atom. The van der Waals surface area contributed by atoms with Crippen LogP contribution in [0.3, 0.4) is 0 Å². The Bertz CT molecular complexity index is 280. The third-order valence-electron chi connectivity index (χ3n) is 4.60. The molecule has 0 spiro atoms. The van der Waals surface area contributed by atoms with Gasteiger partial charge in [-0.2, -0.15) is 0 Å². The molecule has 2 unspecified atom stereocenters. The van der Waals surface area contributed by atoms with E-state index in [-0.39, 0.29) is 30.7 Å². The Morgan fingerprint density at radius 3 is 2.62 bits per heavy atom. The van der Waals surface area contributed by atoms with E-state index < -0.39 is 0 Å². The number of nitrogens with one attached hydrogen (secondary N) is 2. The fourth-order valence-electron chi connectivity index (χ4n) is 3.26. The van der Waals surface area contributed by atoms with Gasteiger partial charge < -0.3 is 15.5 Å². The quantitative estimate of drug-likeness (QED) is 0.778. The second-order valence-electron chi connectivity index (χ2n) is 6.19. The molecule has 126 valence electrons. The molecule has 0 saturated carbocycles. The van der Waals surface area contributed by atoms with E-state index in [0.717, 1.165) is 26.2 Å². The van der Waals surface area contributed by atoms with Crippen molar-refractivity contribution in [2.75, 3.05) is 39.3 Å². The number of amides is 1. The Kier molecular flexibility index (Phi) is 11.5. The first-order chi connectivity index (χ1) is 9.25. The molecule has 6 heteroatoms. The van der Waals surface area contributed by atoms with Crippen LogP contribution >= 0.6 is 24.8 Å². The molecule has 2 saturated heterocycles. The number of piperidine rings is 1. The average Bonchev–Trinajstić information content (AvgIpc) is 2.93. The standard InChI is InChI=1S/C15H29N3O.2ClH/c1-13(14-5-4-6-16-12-14)11-15(19)17-7-10-18-8-2-3-9-18;;/h13-14,16H,2-12H2,1H3,(H,17,19);2*1H. The van der Waals surface area contributed by atoms with Crippen LogP contribution in [-0.2, 0) is 4.79 Å². The summed E-state index contributed by atoms with van der Waals surface area (Å²) in [6, 6.07) is 0. The van der Waals surface area contributed by atoms with Crippen molar-refractivity contribution >= 4 is 30.7 Å². The summed E-state index contributed by atoms with van der Waals surface area (Å²) in [4.78, 5) is 14.4. The summed E-state index contributed by atoms with van der Waals surface area (Å²) >= 11 is 0. The van der Waals surface area contributed by atoms with Crippen molar-refractivity contribution in [2.24, 2.45) is 11.8 Å². The zero-order chi connectivity index (χ0) is 13.5. The lowest BCUT2D eigenvalue weighted by molar-refractivity contribution is -0.122. The van der Waals surface area contributed by atoms with Gasteiger partial charge in [-0.25, -0.2) is 0 Å². The maximum Gasteiger partial charge on any atom is 0.220 e. The maximum atomic E-state index is 11.9. The Balaban J connectivity index is 0.00000200. The number of nitrogens with zero attached hydrogens (tertiary/aromatic N) is 1. The SMILES string of the molecule is CC(CC(=O)NCCN1CCCC1)C1CCCNC1.Cl.Cl. The van der Waals surface area contributed by atoms with Gasteiger partial charge in [0.2, 0.25) is 5.91 Å². The third kappa shape index (κ3) is 7.68. The second-order valence-corrected chi connectivity index (χ2v) is 6.19. The lowest BCUT2D eigenvalue weighted by Crippen LogP contribution is -2.37. The van der Waals surface area contributed by atoms with Gasteiger partial charge in [0.15, 0.2) is 0 Å². The van der Waals surface area contributed by atoms with Gasteiger partial charge in [-0.3, -0.25) is 4.79 Å². The molecule has 0 aromatic heterocycles. The van der Waals surface area contributed by atoms with Gasteiger partial charge >= 0.3 is 0 Å². The third-order valence-corrected chi connectivity index (χ3v) is 4.60. The van der Waals surface area contributed by atoms with Crippen LogP contribution in [0.4, 0.5) is 0 Å². The Labute approximate surface area is 141 Å². The van der Waals surface area contributed by atoms with Crippen LogP contribution in [0.1, 0.15) is 39.0 Å². The Morgan fingerprint density at radius 2 is 2.00 bits per heavy atom. The number of carbonyl (C=O) groups is 1. The highest BCUT2D eigenvalue weighted by Gasteiger charge is 2.21. The highest BCUT2D eigenvalue weighted by Crippen LogP contribution is 2.22. The average molecular weight is 340 g/mol. The van der Waals surface area contributed by atoms with E-state index >= 15 is 0 Å². The van der Waals surface area contributed by atoms with Crippen LogP contribution in [-0.4, -0.2) is 50.1 Å². The molecule has 0 aromatic rings. The molecule has 2 aliphatic heterocycles. The minimum atomic E-state index is 0. The molecule has 0 radical (unpaired) electrons. The number of hydrogen-bond donors (Lipinski definition) is 2. The monoisotopic (exact) mass is 339 g/mol. The summed E-state index contributed by atoms with van der Waals surface area (Å²) in [6.07, 6.45) is 5.85. The van der Waals surface area contributed by atoms with Gasteiger partial charge in [0.1, 0.15) is 0 Å². The lowest BCUT2D eigenvalue weighted by atomic mass is 9.85. The maximum absolute atomic E-state index is 11.9. The van der Waals surface area contributed by atoms with Crippen molar-refractivity contribution in [3.63, 3.8) is 0 Å². The summed E-state index contributed by atoms with van der Waals surface area (Å²) in [7, 11) is 0. The molecule has 2 rings (SSSR count). The molecule has 2 heterocycles. The first kappa shape index (κ1) is 21.0. The van der Waals surface area contributed by atoms with E-state index in [1.165, 1.54) is 38.8 Å². The molecular weight excluding hydrogens is 309 g/mol. The zero-order valence-corrected chi connectivity index (χ0v) is 14.7. The second kappa shape index (κ2) is 11.5. The molecule has 2 aliphatic rings. The van der Waals surface area contributed by atoms with Gasteiger partial charge in [0.25, 0.3) is 0 Å². The molecule has 4 nitrogen and oxygen atoms in total. The van der Waals surface area contributed by atoms with E-state index in [9.17, 15) is 4.79 Å². The van der Waals surface area contributed by atoms with Crippen LogP contribution in [0.15, 0.2) is 0 Å². The smallest absolute Gasteiger partial charge is 0.220 e. The van der Waals surface area contributed by atoms with Gasteiger partial charge in [-0.15, -0.1) is 24.8 Å². The summed E-state index contributed by atoms with van der Waals surface area (Å²) in [5.41, 5.74) is 0. The molecule has 2 N–H and O–H groups in total. The topological polar surface area (TPSA) is 44.4 Å². The first-order valence-electron chi connectivity index (χ1n) is 7.95. The largest absolute Gasteiger partial charge is 0.355 e. The van der Waals surface area contributed by atoms with Gasteiger partial charge in [0.05, 0.1) is 0 Å². The fourth-order valence-corrected chi connectivity index (χ4v) is 3.26. The molecule has 1 amide bonds. The van der Waals surface area contributed by atoms with Crippen molar-refractivity contribution in [1.29, 1.82) is 0 Å². The number of hydrogen-bond acceptors (Lipinski definition) is 3. The zero-order valence-electron chi connectivity index (χ0n) is 13.1. The normalized spacial score (nSPS) is 23.8. The van der Waals surface area contributed by atoms with Crippen LogP contribution < -0.4 is 10.6 Å². The van der Waals surface area contributed by atoms with Gasteiger partial charge in [-0.05, 0) is 63.7 Å². The van der Waals surface area contributed by atoms with Crippen LogP contribution in [0.25, 0.3) is 0 Å². The van der Waals surface area contributed by atoms with Gasteiger partial charge in [-0.1, -0.05) is 6.92 Å². The van der Waals surface area contributed by atoms with E-state index in [0.29, 0.717) is 18.3 Å². The predicted molar refractivity (Wildman–Crippen MR) is 92.6 cm³/mol. The van der Waals surface area contributed by atoms with Crippen molar-refractivity contribution in [2.45, 2.75) is 39.0 Å². The molecular formula is C15H31Cl2N3O. The predicted octanol–water partition coefficient (Wildman–Crippen LogP) is 2.07. The molecule has 0 aromatic carbocycles. The minimum absolute atomic E-state index is 0. The van der Waals surface area contributed by atoms with Crippen LogP contribution in [0, 0.1) is 11.8 Å². The number of halogens is 2. The van der Waals surface area contributed by atoms with E-state index in [1.54, 1.807) is 0 Å². The summed E-state index contributed by atoms with van der Waals surface area (Å²) < 4.78 is 0. The summed E-state index contributed by atoms with van der Waals surface area (Å²) in [5.74, 6) is 1.41. The molecule has 21 heavy (non-hydrogen) atoms. The highest BCUT2D eigenvalue weighted by molar-refractivity contribution is 5.85. The van der Waals surface area contributed by atoms with Crippen molar-refractivity contribution in [1.82, 2.24) is 15.5 Å². The Hall–Kier alpha value is -0.0300. The van der Waals surface area contributed by atoms with Gasteiger partial charge in [0, 0.05) is 19.5 Å². The number of carbonyl (C=O) groups excluding carboxylic acids is 1. The number of likely N-dealkylation sites (tertiary alicyclic amines) is 1. The fraction of sp³-hybridized carbons (Fsp3) is 0.933. The van der Waals surface area contributed by atoms with Crippen molar-refractivity contribution < 1.29 is 4.79 Å². The minimum Gasteiger partial charge on any atom is -0.355 e. The highest BCUT2D eigenvalue weighted by atomic mass is 35.5. The van der Waals surface area contributed by atoms with Crippen LogP contribution in [0.2, 0.25) is 0 Å². The van der Waals surface area contributed by atoms with E-state index in [1.807, 2.05) is 0 Å². The molecule has 0 bridgehead atoms. The van der Waals surface area contributed by atoms with Crippen molar-refractivity contribution in [3.8, 4) is 0 Å². The molecule has 2 atom stereocenters. The van der Waals surface area contributed by atoms with E-state index in [4.69, 9.17) is 0 Å². The molecule has 0 aliphatic carbocycles. The summed E-state index contributed by atoms with van der Waals surface area (Å²) in [6.45, 7) is 8.70. The number of rotatable bonds is 6. The molecule has 2 fully saturated rings. The first-order valence-corrected chi connectivity index (χ1v) is 7.95. The van der Waals surface area contributed by atoms with E-state index in [2.05, 4.69) is 22.5 Å².